The Balaban J connectivity index is 1.96. The van der Waals surface area contributed by atoms with Crippen molar-refractivity contribution in [2.24, 2.45) is 5.92 Å². The van der Waals surface area contributed by atoms with Crippen molar-refractivity contribution in [1.29, 1.82) is 0 Å². The van der Waals surface area contributed by atoms with Crippen molar-refractivity contribution in [2.45, 2.75) is 64.4 Å². The topological polar surface area (TPSA) is 20.2 Å². The summed E-state index contributed by atoms with van der Waals surface area (Å²) in [7, 11) is 0. The Hall–Kier alpha value is -1.34. The van der Waals surface area contributed by atoms with Crippen molar-refractivity contribution in [1.82, 2.24) is 0 Å². The number of aliphatic hydroxyl groups is 1. The van der Waals surface area contributed by atoms with E-state index < -0.39 is 5.60 Å². The molecule has 1 saturated carbocycles. The first kappa shape index (κ1) is 15.6. The number of benzene rings is 2. The molecule has 2 unspecified atom stereocenters. The Labute approximate surface area is 134 Å². The summed E-state index contributed by atoms with van der Waals surface area (Å²) in [6.07, 6.45) is 5.98. The van der Waals surface area contributed by atoms with Crippen LogP contribution >= 0.6 is 0 Å². The summed E-state index contributed by atoms with van der Waals surface area (Å²) in [5.41, 5.74) is 1.79. The highest BCUT2D eigenvalue weighted by Crippen LogP contribution is 2.41. The molecule has 1 aliphatic carbocycles. The second-order valence-corrected chi connectivity index (χ2v) is 7.26. The Bertz CT molecular complexity index is 650. The summed E-state index contributed by atoms with van der Waals surface area (Å²) < 4.78 is 0. The average Bonchev–Trinajstić information content (AvgIpc) is 3.08. The molecule has 0 radical (unpaired) electrons. The third kappa shape index (κ3) is 2.79. The van der Waals surface area contributed by atoms with Crippen LogP contribution in [-0.2, 0) is 5.60 Å². The van der Waals surface area contributed by atoms with E-state index in [0.29, 0.717) is 11.8 Å². The molecule has 0 aromatic heterocycles. The molecule has 0 saturated heterocycles. The van der Waals surface area contributed by atoms with Gasteiger partial charge in [0.15, 0.2) is 0 Å². The van der Waals surface area contributed by atoms with Crippen LogP contribution in [0.3, 0.4) is 0 Å². The van der Waals surface area contributed by atoms with E-state index in [1.54, 1.807) is 0 Å². The van der Waals surface area contributed by atoms with E-state index in [9.17, 15) is 5.11 Å². The molecule has 0 aliphatic heterocycles. The largest absolute Gasteiger partial charge is 0.385 e. The van der Waals surface area contributed by atoms with Gasteiger partial charge in [-0.3, -0.25) is 0 Å². The summed E-state index contributed by atoms with van der Waals surface area (Å²) in [6.45, 7) is 6.51. The minimum atomic E-state index is -0.694. The standard InChI is InChI=1S/C21H28O/c1-4-15(2)16-9-10-18-14-20(12-11-17(18)13-16)21(3,22)19-7-5-6-8-19/h9-15,19,22H,4-8H2,1-3H3. The van der Waals surface area contributed by atoms with Gasteiger partial charge in [-0.05, 0) is 66.0 Å². The quantitative estimate of drug-likeness (QED) is 0.761. The van der Waals surface area contributed by atoms with Gasteiger partial charge in [0.05, 0.1) is 5.60 Å². The molecule has 2 aromatic rings. The zero-order valence-electron chi connectivity index (χ0n) is 14.1. The molecule has 22 heavy (non-hydrogen) atoms. The van der Waals surface area contributed by atoms with Crippen LogP contribution in [0.25, 0.3) is 10.8 Å². The van der Waals surface area contributed by atoms with Crippen molar-refractivity contribution >= 4 is 10.8 Å². The predicted molar refractivity (Wildman–Crippen MR) is 94.2 cm³/mol. The van der Waals surface area contributed by atoms with Gasteiger partial charge < -0.3 is 5.11 Å². The van der Waals surface area contributed by atoms with E-state index in [-0.39, 0.29) is 0 Å². The molecule has 2 aromatic carbocycles. The monoisotopic (exact) mass is 296 g/mol. The van der Waals surface area contributed by atoms with Crippen LogP contribution in [0.5, 0.6) is 0 Å². The Morgan fingerprint density at radius 3 is 2.41 bits per heavy atom. The van der Waals surface area contributed by atoms with Crippen LogP contribution in [-0.4, -0.2) is 5.11 Å². The van der Waals surface area contributed by atoms with Crippen molar-refractivity contribution in [3.8, 4) is 0 Å². The van der Waals surface area contributed by atoms with Crippen LogP contribution in [0.2, 0.25) is 0 Å². The number of hydrogen-bond donors (Lipinski definition) is 1. The van der Waals surface area contributed by atoms with Gasteiger partial charge in [0, 0.05) is 0 Å². The smallest absolute Gasteiger partial charge is 0.0896 e. The van der Waals surface area contributed by atoms with E-state index in [1.807, 2.05) is 6.92 Å². The van der Waals surface area contributed by atoms with Crippen LogP contribution in [0, 0.1) is 5.92 Å². The maximum Gasteiger partial charge on any atom is 0.0896 e. The number of fused-ring (bicyclic) bond motifs is 1. The fourth-order valence-corrected chi connectivity index (χ4v) is 3.84. The lowest BCUT2D eigenvalue weighted by molar-refractivity contribution is -0.00320. The summed E-state index contributed by atoms with van der Waals surface area (Å²) >= 11 is 0. The molecule has 0 amide bonds. The Morgan fingerprint density at radius 1 is 1.09 bits per heavy atom. The molecule has 0 heterocycles. The second kappa shape index (κ2) is 6.04. The molecule has 1 aliphatic rings. The summed E-state index contributed by atoms with van der Waals surface area (Å²) in [4.78, 5) is 0. The SMILES string of the molecule is CCC(C)c1ccc2cc(C(C)(O)C3CCCC3)ccc2c1. The molecule has 1 fully saturated rings. The van der Waals surface area contributed by atoms with Crippen molar-refractivity contribution in [2.75, 3.05) is 0 Å². The first-order valence-electron chi connectivity index (χ1n) is 8.79. The number of hydrogen-bond acceptors (Lipinski definition) is 1. The van der Waals surface area contributed by atoms with E-state index in [0.717, 1.165) is 18.4 Å². The zero-order chi connectivity index (χ0) is 15.7. The minimum absolute atomic E-state index is 0.407. The third-order valence-corrected chi connectivity index (χ3v) is 5.78. The third-order valence-electron chi connectivity index (χ3n) is 5.78. The number of rotatable bonds is 4. The highest BCUT2D eigenvalue weighted by Gasteiger charge is 2.35. The van der Waals surface area contributed by atoms with Gasteiger partial charge in [-0.2, -0.15) is 0 Å². The van der Waals surface area contributed by atoms with Crippen molar-refractivity contribution in [3.63, 3.8) is 0 Å². The highest BCUT2D eigenvalue weighted by molar-refractivity contribution is 5.84. The molecule has 2 atom stereocenters. The Morgan fingerprint density at radius 2 is 1.73 bits per heavy atom. The molecular formula is C21H28O. The average molecular weight is 296 g/mol. The summed E-state index contributed by atoms with van der Waals surface area (Å²) in [6, 6.07) is 13.3. The first-order valence-corrected chi connectivity index (χ1v) is 8.79. The highest BCUT2D eigenvalue weighted by atomic mass is 16.3. The van der Waals surface area contributed by atoms with E-state index in [1.165, 1.54) is 35.6 Å². The maximum absolute atomic E-state index is 11.0. The molecule has 0 bridgehead atoms. The lowest BCUT2D eigenvalue weighted by Gasteiger charge is -2.31. The molecule has 1 nitrogen and oxygen atoms in total. The normalized spacial score (nSPS) is 20.2. The van der Waals surface area contributed by atoms with Crippen molar-refractivity contribution in [3.05, 3.63) is 47.5 Å². The van der Waals surface area contributed by atoms with Gasteiger partial charge in [-0.15, -0.1) is 0 Å². The molecule has 1 N–H and O–H groups in total. The van der Waals surface area contributed by atoms with Crippen LogP contribution in [0.4, 0.5) is 0 Å². The van der Waals surface area contributed by atoms with Gasteiger partial charge in [-0.1, -0.05) is 57.0 Å². The lowest BCUT2D eigenvalue weighted by atomic mass is 9.81. The lowest BCUT2D eigenvalue weighted by Crippen LogP contribution is -2.29. The molecular weight excluding hydrogens is 268 g/mol. The predicted octanol–water partition coefficient (Wildman–Crippen LogP) is 5.75. The minimum Gasteiger partial charge on any atom is -0.385 e. The van der Waals surface area contributed by atoms with Gasteiger partial charge in [0.25, 0.3) is 0 Å². The Kier molecular flexibility index (Phi) is 4.27. The van der Waals surface area contributed by atoms with Gasteiger partial charge in [-0.25, -0.2) is 0 Å². The van der Waals surface area contributed by atoms with Crippen LogP contribution in [0.15, 0.2) is 36.4 Å². The van der Waals surface area contributed by atoms with Crippen LogP contribution in [0.1, 0.15) is 69.9 Å². The van der Waals surface area contributed by atoms with Crippen molar-refractivity contribution < 1.29 is 5.11 Å². The van der Waals surface area contributed by atoms with Gasteiger partial charge in [0.1, 0.15) is 0 Å². The first-order chi connectivity index (χ1) is 10.5. The van der Waals surface area contributed by atoms with Crippen LogP contribution < -0.4 is 0 Å². The molecule has 118 valence electrons. The van der Waals surface area contributed by atoms with E-state index >= 15 is 0 Å². The fourth-order valence-electron chi connectivity index (χ4n) is 3.84. The maximum atomic E-state index is 11.0. The molecule has 1 heteroatoms. The fraction of sp³-hybridized carbons (Fsp3) is 0.524. The second-order valence-electron chi connectivity index (χ2n) is 7.26. The van der Waals surface area contributed by atoms with Gasteiger partial charge in [0.2, 0.25) is 0 Å². The van der Waals surface area contributed by atoms with E-state index in [2.05, 4.69) is 50.2 Å². The zero-order valence-corrected chi connectivity index (χ0v) is 14.1. The van der Waals surface area contributed by atoms with Gasteiger partial charge >= 0.3 is 0 Å². The van der Waals surface area contributed by atoms with E-state index in [4.69, 9.17) is 0 Å². The molecule has 0 spiro atoms. The summed E-state index contributed by atoms with van der Waals surface area (Å²) in [5, 5.41) is 13.5. The summed E-state index contributed by atoms with van der Waals surface area (Å²) in [5.74, 6) is 1.01. The molecule has 3 rings (SSSR count).